The summed E-state index contributed by atoms with van der Waals surface area (Å²) in [4.78, 5) is 48.3. The molecule has 27 heavy (non-hydrogen) atoms. The zero-order chi connectivity index (χ0) is 19.6. The molecule has 9 nitrogen and oxygen atoms in total. The van der Waals surface area contributed by atoms with Crippen molar-refractivity contribution < 1.29 is 24.0 Å². The lowest BCUT2D eigenvalue weighted by Gasteiger charge is -2.26. The van der Waals surface area contributed by atoms with Gasteiger partial charge in [0, 0.05) is 6.07 Å². The van der Waals surface area contributed by atoms with Gasteiger partial charge in [-0.25, -0.2) is 9.69 Å². The number of ether oxygens (including phenoxy) is 1. The largest absolute Gasteiger partial charge is 0.490 e. The Labute approximate surface area is 153 Å². The molecule has 1 aliphatic heterocycles. The van der Waals surface area contributed by atoms with Gasteiger partial charge >= 0.3 is 11.7 Å². The summed E-state index contributed by atoms with van der Waals surface area (Å²) in [5.41, 5.74) is -0.105. The van der Waals surface area contributed by atoms with E-state index in [-0.39, 0.29) is 22.6 Å². The van der Waals surface area contributed by atoms with Gasteiger partial charge in [0.25, 0.3) is 11.8 Å². The fourth-order valence-corrected chi connectivity index (χ4v) is 2.58. The molecule has 1 heterocycles. The monoisotopic (exact) mass is 367 g/mol. The van der Waals surface area contributed by atoms with Gasteiger partial charge in [0.05, 0.1) is 17.7 Å². The fourth-order valence-electron chi connectivity index (χ4n) is 2.58. The van der Waals surface area contributed by atoms with Crippen LogP contribution in [0.25, 0.3) is 6.08 Å². The lowest BCUT2D eigenvalue weighted by Crippen LogP contribution is -2.54. The standard InChI is InChI=1S/C18H13N3O6/c1-27-15-8-7-11(10-14(15)21(25)26)9-13-16(22)19-18(24)20(17(13)23)12-5-3-2-4-6-12/h2-10H,1H3,(H,19,22,24)/b13-9+. The van der Waals surface area contributed by atoms with Crippen LogP contribution in [-0.2, 0) is 9.59 Å². The Hall–Kier alpha value is -4.01. The van der Waals surface area contributed by atoms with Gasteiger partial charge in [0.1, 0.15) is 5.57 Å². The third-order valence-electron chi connectivity index (χ3n) is 3.83. The van der Waals surface area contributed by atoms with Gasteiger partial charge in [0.15, 0.2) is 5.75 Å². The molecule has 0 aliphatic carbocycles. The van der Waals surface area contributed by atoms with Crippen molar-refractivity contribution in [2.45, 2.75) is 0 Å². The number of carbonyl (C=O) groups excluding carboxylic acids is 3. The van der Waals surface area contributed by atoms with Crippen LogP contribution in [0.1, 0.15) is 5.56 Å². The Balaban J connectivity index is 2.03. The number of amides is 4. The number of nitrogens with one attached hydrogen (secondary N) is 1. The molecule has 0 atom stereocenters. The molecule has 4 amide bonds. The summed E-state index contributed by atoms with van der Waals surface area (Å²) >= 11 is 0. The second-order valence-electron chi connectivity index (χ2n) is 5.48. The minimum Gasteiger partial charge on any atom is -0.490 e. The molecule has 0 aromatic heterocycles. The summed E-state index contributed by atoms with van der Waals surface area (Å²) < 4.78 is 4.92. The van der Waals surface area contributed by atoms with Crippen LogP contribution in [0.15, 0.2) is 54.1 Å². The van der Waals surface area contributed by atoms with Gasteiger partial charge in [-0.2, -0.15) is 0 Å². The topological polar surface area (TPSA) is 119 Å². The van der Waals surface area contributed by atoms with Crippen molar-refractivity contribution in [3.05, 3.63) is 69.8 Å². The molecule has 0 radical (unpaired) electrons. The molecule has 9 heteroatoms. The number of carbonyl (C=O) groups is 3. The Bertz CT molecular complexity index is 984. The molecule has 0 saturated carbocycles. The second-order valence-corrected chi connectivity index (χ2v) is 5.48. The Morgan fingerprint density at radius 2 is 1.81 bits per heavy atom. The van der Waals surface area contributed by atoms with Crippen molar-refractivity contribution in [1.82, 2.24) is 5.32 Å². The number of nitro groups is 1. The van der Waals surface area contributed by atoms with Crippen molar-refractivity contribution in [2.24, 2.45) is 0 Å². The maximum absolute atomic E-state index is 12.7. The number of imide groups is 2. The summed E-state index contributed by atoms with van der Waals surface area (Å²) in [5.74, 6) is -1.66. The average molecular weight is 367 g/mol. The van der Waals surface area contributed by atoms with Crippen LogP contribution in [0.2, 0.25) is 0 Å². The molecule has 1 N–H and O–H groups in total. The SMILES string of the molecule is COc1ccc(/C=C2\C(=O)NC(=O)N(c3ccccc3)C2=O)cc1[N+](=O)[O-]. The molecule has 3 rings (SSSR count). The van der Waals surface area contributed by atoms with Crippen LogP contribution in [0.3, 0.4) is 0 Å². The zero-order valence-corrected chi connectivity index (χ0v) is 14.0. The number of benzene rings is 2. The normalized spacial score (nSPS) is 15.7. The minimum absolute atomic E-state index is 0.0441. The minimum atomic E-state index is -0.879. The van der Waals surface area contributed by atoms with Crippen molar-refractivity contribution in [3.8, 4) is 5.75 Å². The van der Waals surface area contributed by atoms with Gasteiger partial charge in [-0.15, -0.1) is 0 Å². The lowest BCUT2D eigenvalue weighted by molar-refractivity contribution is -0.385. The van der Waals surface area contributed by atoms with Crippen LogP contribution >= 0.6 is 0 Å². The first kappa shape index (κ1) is 17.8. The Morgan fingerprint density at radius 1 is 1.11 bits per heavy atom. The number of nitro benzene ring substituents is 1. The summed E-state index contributed by atoms with van der Waals surface area (Å²) in [6.45, 7) is 0. The third kappa shape index (κ3) is 3.38. The summed E-state index contributed by atoms with van der Waals surface area (Å²) in [6, 6.07) is 11.2. The smallest absolute Gasteiger partial charge is 0.335 e. The van der Waals surface area contributed by atoms with Gasteiger partial charge in [-0.3, -0.25) is 25.0 Å². The summed E-state index contributed by atoms with van der Waals surface area (Å²) in [7, 11) is 1.29. The van der Waals surface area contributed by atoms with Crippen LogP contribution < -0.4 is 15.0 Å². The van der Waals surface area contributed by atoms with Crippen molar-refractivity contribution >= 4 is 35.3 Å². The van der Waals surface area contributed by atoms with Crippen molar-refractivity contribution in [1.29, 1.82) is 0 Å². The molecule has 0 spiro atoms. The predicted molar refractivity (Wildman–Crippen MR) is 95.1 cm³/mol. The number of anilines is 1. The van der Waals surface area contributed by atoms with E-state index in [4.69, 9.17) is 4.74 Å². The van der Waals surface area contributed by atoms with Crippen LogP contribution in [0, 0.1) is 10.1 Å². The highest BCUT2D eigenvalue weighted by atomic mass is 16.6. The molecule has 1 fully saturated rings. The number of urea groups is 1. The van der Waals surface area contributed by atoms with Crippen LogP contribution in [0.4, 0.5) is 16.2 Å². The molecule has 1 aliphatic rings. The average Bonchev–Trinajstić information content (AvgIpc) is 2.65. The maximum atomic E-state index is 12.7. The van der Waals surface area contributed by atoms with E-state index < -0.39 is 22.8 Å². The summed E-state index contributed by atoms with van der Waals surface area (Å²) in [6.07, 6.45) is 1.19. The number of rotatable bonds is 4. The van der Waals surface area contributed by atoms with E-state index in [9.17, 15) is 24.5 Å². The molecule has 2 aromatic rings. The molecule has 0 unspecified atom stereocenters. The highest BCUT2D eigenvalue weighted by Crippen LogP contribution is 2.29. The highest BCUT2D eigenvalue weighted by molar-refractivity contribution is 6.39. The molecule has 136 valence electrons. The van der Waals surface area contributed by atoms with E-state index in [0.29, 0.717) is 5.69 Å². The molecular formula is C18H13N3O6. The zero-order valence-electron chi connectivity index (χ0n) is 14.0. The number of barbiturate groups is 1. The second kappa shape index (κ2) is 7.08. The molecule has 0 bridgehead atoms. The number of para-hydroxylation sites is 1. The van der Waals surface area contributed by atoms with Crippen molar-refractivity contribution in [3.63, 3.8) is 0 Å². The number of nitrogens with zero attached hydrogens (tertiary/aromatic N) is 2. The van der Waals surface area contributed by atoms with E-state index in [0.717, 1.165) is 4.90 Å². The van der Waals surface area contributed by atoms with Gasteiger partial charge in [-0.1, -0.05) is 24.3 Å². The quantitative estimate of drug-likeness (QED) is 0.383. The number of methoxy groups -OCH3 is 1. The van der Waals surface area contributed by atoms with E-state index in [1.54, 1.807) is 30.3 Å². The number of hydrogen-bond donors (Lipinski definition) is 1. The van der Waals surface area contributed by atoms with Gasteiger partial charge in [0.2, 0.25) is 0 Å². The molecular weight excluding hydrogens is 354 g/mol. The maximum Gasteiger partial charge on any atom is 0.335 e. The first-order valence-corrected chi connectivity index (χ1v) is 7.71. The molecule has 2 aromatic carbocycles. The fraction of sp³-hybridized carbons (Fsp3) is 0.0556. The van der Waals surface area contributed by atoms with E-state index in [1.807, 2.05) is 0 Å². The summed E-state index contributed by atoms with van der Waals surface area (Å²) in [5, 5.41) is 13.2. The first-order valence-electron chi connectivity index (χ1n) is 7.71. The third-order valence-corrected chi connectivity index (χ3v) is 3.83. The van der Waals surface area contributed by atoms with Crippen LogP contribution in [0.5, 0.6) is 5.75 Å². The Morgan fingerprint density at radius 3 is 2.44 bits per heavy atom. The Kier molecular flexibility index (Phi) is 4.67. The first-order chi connectivity index (χ1) is 12.9. The number of hydrogen-bond acceptors (Lipinski definition) is 6. The molecule has 1 saturated heterocycles. The van der Waals surface area contributed by atoms with Gasteiger partial charge in [-0.05, 0) is 29.8 Å². The van der Waals surface area contributed by atoms with Gasteiger partial charge < -0.3 is 4.74 Å². The lowest BCUT2D eigenvalue weighted by atomic mass is 10.1. The van der Waals surface area contributed by atoms with Crippen molar-refractivity contribution in [2.75, 3.05) is 12.0 Å². The van der Waals surface area contributed by atoms with E-state index in [2.05, 4.69) is 5.32 Å². The highest BCUT2D eigenvalue weighted by Gasteiger charge is 2.36. The van der Waals surface area contributed by atoms with Crippen LogP contribution in [-0.4, -0.2) is 29.9 Å². The van der Waals surface area contributed by atoms with E-state index in [1.165, 1.54) is 31.4 Å². The predicted octanol–water partition coefficient (Wildman–Crippen LogP) is 2.27. The van der Waals surface area contributed by atoms with E-state index >= 15 is 0 Å².